The number of sulfonamides is 1. The summed E-state index contributed by atoms with van der Waals surface area (Å²) in [5.41, 5.74) is 3.53. The van der Waals surface area contributed by atoms with Crippen LogP contribution in [0, 0.1) is 13.8 Å². The fourth-order valence-corrected chi connectivity index (χ4v) is 6.68. The zero-order valence-electron chi connectivity index (χ0n) is 25.9. The first-order valence-electron chi connectivity index (χ1n) is 15.1. The van der Waals surface area contributed by atoms with Gasteiger partial charge in [0.2, 0.25) is 11.8 Å². The van der Waals surface area contributed by atoms with Gasteiger partial charge in [-0.25, -0.2) is 8.42 Å². The van der Waals surface area contributed by atoms with Crippen LogP contribution in [0.2, 0.25) is 5.02 Å². The summed E-state index contributed by atoms with van der Waals surface area (Å²) in [4.78, 5) is 29.9. The van der Waals surface area contributed by atoms with Crippen molar-refractivity contribution in [2.24, 2.45) is 0 Å². The highest BCUT2D eigenvalue weighted by molar-refractivity contribution is 7.92. The molecule has 4 rings (SSSR count). The Morgan fingerprint density at radius 1 is 0.844 bits per heavy atom. The molecule has 0 aromatic heterocycles. The number of nitrogens with one attached hydrogen (secondary N) is 1. The number of nitrogens with zero attached hydrogens (tertiary/aromatic N) is 2. The van der Waals surface area contributed by atoms with Crippen molar-refractivity contribution in [2.45, 2.75) is 57.5 Å². The van der Waals surface area contributed by atoms with E-state index in [4.69, 9.17) is 11.6 Å². The molecule has 0 fully saturated rings. The summed E-state index contributed by atoms with van der Waals surface area (Å²) in [6, 6.07) is 29.5. The molecule has 0 aliphatic carbocycles. The molecule has 0 unspecified atom stereocenters. The van der Waals surface area contributed by atoms with Crippen molar-refractivity contribution in [1.82, 2.24) is 10.2 Å². The van der Waals surface area contributed by atoms with Crippen LogP contribution in [0.15, 0.2) is 108 Å². The number of anilines is 1. The summed E-state index contributed by atoms with van der Waals surface area (Å²) < 4.78 is 29.6. The third kappa shape index (κ3) is 8.96. The van der Waals surface area contributed by atoms with Crippen LogP contribution in [-0.2, 0) is 32.6 Å². The van der Waals surface area contributed by atoms with Crippen molar-refractivity contribution >= 4 is 39.1 Å². The Kier molecular flexibility index (Phi) is 11.8. The predicted octanol–water partition coefficient (Wildman–Crippen LogP) is 6.71. The van der Waals surface area contributed by atoms with Crippen molar-refractivity contribution in [3.05, 3.63) is 130 Å². The average molecular weight is 646 g/mol. The van der Waals surface area contributed by atoms with Crippen molar-refractivity contribution in [2.75, 3.05) is 17.4 Å². The minimum absolute atomic E-state index is 0.0491. The van der Waals surface area contributed by atoms with Crippen molar-refractivity contribution in [1.29, 1.82) is 0 Å². The Bertz CT molecular complexity index is 1680. The Hall–Kier alpha value is -4.14. The van der Waals surface area contributed by atoms with Crippen molar-refractivity contribution in [3.8, 4) is 0 Å². The van der Waals surface area contributed by atoms with Gasteiger partial charge in [0.05, 0.1) is 10.6 Å². The molecule has 236 valence electrons. The third-order valence-corrected chi connectivity index (χ3v) is 9.63. The third-order valence-electron chi connectivity index (χ3n) is 7.62. The van der Waals surface area contributed by atoms with E-state index in [2.05, 4.69) is 5.32 Å². The van der Waals surface area contributed by atoms with Crippen LogP contribution in [0.5, 0.6) is 0 Å². The Morgan fingerprint density at radius 3 is 2.09 bits per heavy atom. The second-order valence-electron chi connectivity index (χ2n) is 11.1. The summed E-state index contributed by atoms with van der Waals surface area (Å²) in [6.07, 6.45) is 1.96. The second-order valence-corrected chi connectivity index (χ2v) is 13.4. The molecule has 0 spiro atoms. The van der Waals surface area contributed by atoms with Crippen molar-refractivity contribution in [3.63, 3.8) is 0 Å². The zero-order valence-corrected chi connectivity index (χ0v) is 27.5. The van der Waals surface area contributed by atoms with Gasteiger partial charge in [-0.2, -0.15) is 0 Å². The zero-order chi connectivity index (χ0) is 32.4. The van der Waals surface area contributed by atoms with Gasteiger partial charge in [0.1, 0.15) is 12.6 Å². The van der Waals surface area contributed by atoms with Crippen LogP contribution in [0.1, 0.15) is 42.0 Å². The van der Waals surface area contributed by atoms with E-state index < -0.39 is 28.5 Å². The van der Waals surface area contributed by atoms with Gasteiger partial charge in [-0.3, -0.25) is 13.9 Å². The quantitative estimate of drug-likeness (QED) is 0.155. The van der Waals surface area contributed by atoms with E-state index in [1.165, 1.54) is 17.0 Å². The molecular formula is C36H40ClN3O4S. The molecule has 1 atom stereocenters. The van der Waals surface area contributed by atoms with Crippen LogP contribution in [0.4, 0.5) is 5.69 Å². The van der Waals surface area contributed by atoms with Crippen LogP contribution >= 0.6 is 11.6 Å². The number of hydrogen-bond donors (Lipinski definition) is 1. The summed E-state index contributed by atoms with van der Waals surface area (Å²) in [7, 11) is -4.21. The molecule has 0 bridgehead atoms. The van der Waals surface area contributed by atoms with E-state index in [0.717, 1.165) is 33.8 Å². The first kappa shape index (κ1) is 33.7. The molecule has 4 aromatic carbocycles. The maximum atomic E-state index is 14.5. The number of benzene rings is 4. The lowest BCUT2D eigenvalue weighted by Crippen LogP contribution is -2.53. The summed E-state index contributed by atoms with van der Waals surface area (Å²) >= 11 is 6.36. The summed E-state index contributed by atoms with van der Waals surface area (Å²) in [6.45, 7) is 5.75. The average Bonchev–Trinajstić information content (AvgIpc) is 3.04. The number of rotatable bonds is 14. The number of halogens is 1. The van der Waals surface area contributed by atoms with Crippen LogP contribution < -0.4 is 9.62 Å². The topological polar surface area (TPSA) is 86.8 Å². The van der Waals surface area contributed by atoms with Crippen molar-refractivity contribution < 1.29 is 18.0 Å². The van der Waals surface area contributed by atoms with E-state index in [0.29, 0.717) is 22.8 Å². The van der Waals surface area contributed by atoms with Crippen LogP contribution in [-0.4, -0.2) is 44.3 Å². The lowest BCUT2D eigenvalue weighted by Gasteiger charge is -2.34. The van der Waals surface area contributed by atoms with Gasteiger partial charge in [-0.15, -0.1) is 0 Å². The van der Waals surface area contributed by atoms with Gasteiger partial charge in [-0.1, -0.05) is 109 Å². The Balaban J connectivity index is 1.80. The predicted molar refractivity (Wildman–Crippen MR) is 181 cm³/mol. The summed E-state index contributed by atoms with van der Waals surface area (Å²) in [5, 5.41) is 3.34. The SMILES string of the molecule is CCCCNC(=O)[C@H](Cc1ccccc1)N(Cc1ccccc1)C(=O)CN(c1cc(Cl)ccc1C)S(=O)(=O)c1ccc(C)cc1. The number of amides is 2. The van der Waals surface area contributed by atoms with Gasteiger partial charge in [0.15, 0.2) is 0 Å². The first-order chi connectivity index (χ1) is 21.6. The highest BCUT2D eigenvalue weighted by atomic mass is 35.5. The van der Waals surface area contributed by atoms with Gasteiger partial charge in [0, 0.05) is 24.5 Å². The van der Waals surface area contributed by atoms with Gasteiger partial charge in [-0.05, 0) is 61.2 Å². The van der Waals surface area contributed by atoms with E-state index >= 15 is 0 Å². The first-order valence-corrected chi connectivity index (χ1v) is 16.9. The number of hydrogen-bond acceptors (Lipinski definition) is 4. The Labute approximate surface area is 271 Å². The van der Waals surface area contributed by atoms with E-state index in [1.807, 2.05) is 74.5 Å². The maximum absolute atomic E-state index is 14.5. The molecule has 0 aliphatic rings. The van der Waals surface area contributed by atoms with Gasteiger partial charge >= 0.3 is 0 Å². The molecule has 0 saturated heterocycles. The molecule has 0 radical (unpaired) electrons. The molecule has 0 aliphatic heterocycles. The molecule has 0 heterocycles. The van der Waals surface area contributed by atoms with Gasteiger partial charge < -0.3 is 10.2 Å². The minimum atomic E-state index is -4.21. The molecule has 4 aromatic rings. The molecule has 0 saturated carbocycles. The lowest BCUT2D eigenvalue weighted by atomic mass is 10.0. The number of aryl methyl sites for hydroxylation is 2. The van der Waals surface area contributed by atoms with Crippen LogP contribution in [0.25, 0.3) is 0 Å². The lowest BCUT2D eigenvalue weighted by molar-refractivity contribution is -0.140. The van der Waals surface area contributed by atoms with Crippen LogP contribution in [0.3, 0.4) is 0 Å². The molecule has 45 heavy (non-hydrogen) atoms. The molecule has 2 amide bonds. The number of carbonyl (C=O) groups is 2. The number of carbonyl (C=O) groups excluding carboxylic acids is 2. The minimum Gasteiger partial charge on any atom is -0.354 e. The fraction of sp³-hybridized carbons (Fsp3) is 0.278. The highest BCUT2D eigenvalue weighted by Crippen LogP contribution is 2.30. The molecule has 7 nitrogen and oxygen atoms in total. The monoisotopic (exact) mass is 645 g/mol. The van der Waals surface area contributed by atoms with E-state index in [-0.39, 0.29) is 23.8 Å². The maximum Gasteiger partial charge on any atom is 0.264 e. The Morgan fingerprint density at radius 2 is 1.47 bits per heavy atom. The molecule has 1 N–H and O–H groups in total. The number of unbranched alkanes of at least 4 members (excludes halogenated alkanes) is 1. The second kappa shape index (κ2) is 15.7. The normalized spacial score (nSPS) is 11.9. The fourth-order valence-electron chi connectivity index (χ4n) is 5.04. The largest absolute Gasteiger partial charge is 0.354 e. The van der Waals surface area contributed by atoms with E-state index in [1.54, 1.807) is 37.3 Å². The standard InChI is InChI=1S/C36H40ClN3O4S/c1-4-5-22-38-36(42)34(23-29-12-8-6-9-13-29)39(25-30-14-10-7-11-15-30)35(41)26-40(33-24-31(37)19-18-28(33)3)45(43,44)32-20-16-27(2)17-21-32/h6-21,24,34H,4-5,22-23,25-26H2,1-3H3,(H,38,42)/t34-/m0/s1. The molecule has 9 heteroatoms. The molecular weight excluding hydrogens is 606 g/mol. The van der Waals surface area contributed by atoms with Gasteiger partial charge in [0.25, 0.3) is 10.0 Å². The smallest absolute Gasteiger partial charge is 0.264 e. The highest BCUT2D eigenvalue weighted by Gasteiger charge is 2.35. The summed E-state index contributed by atoms with van der Waals surface area (Å²) in [5.74, 6) is -0.802. The van der Waals surface area contributed by atoms with E-state index in [9.17, 15) is 18.0 Å².